The number of nitrogens with one attached hydrogen (secondary N) is 1. The lowest BCUT2D eigenvalue weighted by atomic mass is 9.96. The van der Waals surface area contributed by atoms with Crippen LogP contribution in [0, 0.1) is 0 Å². The maximum absolute atomic E-state index is 12.2. The van der Waals surface area contributed by atoms with Crippen LogP contribution in [0.15, 0.2) is 24.3 Å². The first-order valence-electron chi connectivity index (χ1n) is 7.45. The van der Waals surface area contributed by atoms with Crippen LogP contribution in [0.3, 0.4) is 0 Å². The fourth-order valence-corrected chi connectivity index (χ4v) is 2.58. The Morgan fingerprint density at radius 3 is 2.86 bits per heavy atom. The first kappa shape index (κ1) is 15.5. The van der Waals surface area contributed by atoms with Gasteiger partial charge in [-0.3, -0.25) is 9.59 Å². The fraction of sp³-hybridized carbons (Fsp3) is 0.500. The smallest absolute Gasteiger partial charge is 0.244 e. The molecule has 1 aromatic carbocycles. The van der Waals surface area contributed by atoms with E-state index in [1.807, 2.05) is 31.2 Å². The van der Waals surface area contributed by atoms with Crippen LogP contribution < -0.4 is 16.0 Å². The molecule has 2 amide bonds. The Morgan fingerprint density at radius 1 is 1.48 bits per heavy atom. The number of carbonyl (C=O) groups excluding carboxylic acids is 2. The highest BCUT2D eigenvalue weighted by Gasteiger charge is 2.27. The van der Waals surface area contributed by atoms with Gasteiger partial charge < -0.3 is 16.0 Å². The predicted octanol–water partition coefficient (Wildman–Crippen LogP) is 2.27. The van der Waals surface area contributed by atoms with Crippen LogP contribution >= 0.6 is 0 Å². The van der Waals surface area contributed by atoms with Crippen LogP contribution in [-0.4, -0.2) is 23.9 Å². The van der Waals surface area contributed by atoms with Crippen LogP contribution in [0.4, 0.5) is 11.4 Å². The van der Waals surface area contributed by atoms with Crippen molar-refractivity contribution in [1.82, 2.24) is 0 Å². The third kappa shape index (κ3) is 3.61. The van der Waals surface area contributed by atoms with E-state index in [1.165, 1.54) is 0 Å². The molecular formula is C16H23N3O2. The van der Waals surface area contributed by atoms with Crippen LogP contribution in [0.5, 0.6) is 0 Å². The van der Waals surface area contributed by atoms with Gasteiger partial charge in [0, 0.05) is 24.3 Å². The van der Waals surface area contributed by atoms with Gasteiger partial charge in [-0.05, 0) is 38.0 Å². The molecule has 0 radical (unpaired) electrons. The molecule has 114 valence electrons. The second-order valence-corrected chi connectivity index (χ2v) is 5.82. The van der Waals surface area contributed by atoms with Gasteiger partial charge in [0.25, 0.3) is 0 Å². The molecule has 0 bridgehead atoms. The van der Waals surface area contributed by atoms with Crippen molar-refractivity contribution in [3.8, 4) is 0 Å². The zero-order valence-electron chi connectivity index (χ0n) is 12.7. The third-order valence-electron chi connectivity index (χ3n) is 3.78. The first-order valence-corrected chi connectivity index (χ1v) is 7.45. The summed E-state index contributed by atoms with van der Waals surface area (Å²) in [6.45, 7) is 4.47. The molecule has 2 rings (SSSR count). The van der Waals surface area contributed by atoms with Gasteiger partial charge in [0.1, 0.15) is 0 Å². The molecule has 5 heteroatoms. The van der Waals surface area contributed by atoms with Crippen molar-refractivity contribution in [1.29, 1.82) is 0 Å². The average Bonchev–Trinajstić information content (AvgIpc) is 2.85. The minimum Gasteiger partial charge on any atom is -0.324 e. The van der Waals surface area contributed by atoms with E-state index in [2.05, 4.69) is 5.32 Å². The molecule has 3 N–H and O–H groups in total. The number of nitrogens with zero attached hydrogens (tertiary/aromatic N) is 1. The first-order chi connectivity index (χ1) is 9.94. The minimum atomic E-state index is -0.881. The normalized spacial score (nSPS) is 17.7. The standard InChI is InChI=1S/C16H23N3O2/c1-3-9-16(2,17)15(21)18-12-6-4-7-13(11-12)19-10-5-8-14(19)20/h4,6-7,11H,3,5,8-10,17H2,1-2H3,(H,18,21). The fourth-order valence-electron chi connectivity index (χ4n) is 2.58. The van der Waals surface area contributed by atoms with Crippen LogP contribution in [0.2, 0.25) is 0 Å². The monoisotopic (exact) mass is 289 g/mol. The van der Waals surface area contributed by atoms with Gasteiger partial charge in [-0.2, -0.15) is 0 Å². The Balaban J connectivity index is 2.11. The molecule has 1 saturated heterocycles. The summed E-state index contributed by atoms with van der Waals surface area (Å²) in [6, 6.07) is 7.35. The van der Waals surface area contributed by atoms with E-state index < -0.39 is 5.54 Å². The highest BCUT2D eigenvalue weighted by molar-refractivity contribution is 5.99. The molecule has 21 heavy (non-hydrogen) atoms. The summed E-state index contributed by atoms with van der Waals surface area (Å²) in [5, 5.41) is 2.84. The molecule has 1 unspecified atom stereocenters. The number of hydrogen-bond acceptors (Lipinski definition) is 3. The number of benzene rings is 1. The molecule has 5 nitrogen and oxygen atoms in total. The van der Waals surface area contributed by atoms with Gasteiger partial charge in [0.05, 0.1) is 5.54 Å². The summed E-state index contributed by atoms with van der Waals surface area (Å²) in [6.07, 6.45) is 2.95. The second kappa shape index (κ2) is 6.26. The summed E-state index contributed by atoms with van der Waals surface area (Å²) >= 11 is 0. The van der Waals surface area contributed by atoms with Crippen molar-refractivity contribution in [2.24, 2.45) is 5.73 Å². The van der Waals surface area contributed by atoms with Crippen molar-refractivity contribution in [3.63, 3.8) is 0 Å². The van der Waals surface area contributed by atoms with Gasteiger partial charge in [-0.1, -0.05) is 19.4 Å². The van der Waals surface area contributed by atoms with Crippen LogP contribution in [0.1, 0.15) is 39.5 Å². The molecule has 1 aliphatic heterocycles. The predicted molar refractivity (Wildman–Crippen MR) is 84.2 cm³/mol. The van der Waals surface area contributed by atoms with E-state index >= 15 is 0 Å². The SMILES string of the molecule is CCCC(C)(N)C(=O)Nc1cccc(N2CCCC2=O)c1. The zero-order chi connectivity index (χ0) is 15.5. The largest absolute Gasteiger partial charge is 0.324 e. The summed E-state index contributed by atoms with van der Waals surface area (Å²) in [5.74, 6) is -0.0672. The van der Waals surface area contributed by atoms with Crippen molar-refractivity contribution >= 4 is 23.2 Å². The number of amides is 2. The molecule has 0 spiro atoms. The van der Waals surface area contributed by atoms with Gasteiger partial charge >= 0.3 is 0 Å². The Labute approximate surface area is 125 Å². The van der Waals surface area contributed by atoms with Gasteiger partial charge in [0.15, 0.2) is 0 Å². The molecule has 1 aliphatic rings. The van der Waals surface area contributed by atoms with Crippen LogP contribution in [0.25, 0.3) is 0 Å². The maximum Gasteiger partial charge on any atom is 0.244 e. The molecule has 0 saturated carbocycles. The number of anilines is 2. The number of carbonyl (C=O) groups is 2. The Kier molecular flexibility index (Phi) is 4.63. The molecule has 1 heterocycles. The zero-order valence-corrected chi connectivity index (χ0v) is 12.7. The summed E-state index contributed by atoms with van der Waals surface area (Å²) in [4.78, 5) is 25.7. The highest BCUT2D eigenvalue weighted by Crippen LogP contribution is 2.24. The van der Waals surface area contributed by atoms with Crippen LogP contribution in [-0.2, 0) is 9.59 Å². The van der Waals surface area contributed by atoms with Gasteiger partial charge in [-0.25, -0.2) is 0 Å². The van der Waals surface area contributed by atoms with Crippen molar-refractivity contribution < 1.29 is 9.59 Å². The van der Waals surface area contributed by atoms with Crippen molar-refractivity contribution in [2.45, 2.75) is 45.1 Å². The molecule has 0 aromatic heterocycles. The summed E-state index contributed by atoms with van der Waals surface area (Å²) in [7, 11) is 0. The molecule has 0 aliphatic carbocycles. The molecule has 1 aromatic rings. The Bertz CT molecular complexity index is 540. The van der Waals surface area contributed by atoms with Gasteiger partial charge in [0.2, 0.25) is 11.8 Å². The van der Waals surface area contributed by atoms with E-state index in [0.29, 0.717) is 18.5 Å². The Morgan fingerprint density at radius 2 is 2.24 bits per heavy atom. The highest BCUT2D eigenvalue weighted by atomic mass is 16.2. The summed E-state index contributed by atoms with van der Waals surface area (Å²) < 4.78 is 0. The quantitative estimate of drug-likeness (QED) is 0.873. The van der Waals surface area contributed by atoms with Crippen molar-refractivity contribution in [3.05, 3.63) is 24.3 Å². The topological polar surface area (TPSA) is 75.4 Å². The van der Waals surface area contributed by atoms with E-state index in [-0.39, 0.29) is 11.8 Å². The molecule has 1 fully saturated rings. The minimum absolute atomic E-state index is 0.133. The molecule has 1 atom stereocenters. The average molecular weight is 289 g/mol. The van der Waals surface area contributed by atoms with Crippen molar-refractivity contribution in [2.75, 3.05) is 16.8 Å². The third-order valence-corrected chi connectivity index (χ3v) is 3.78. The number of hydrogen-bond donors (Lipinski definition) is 2. The lowest BCUT2D eigenvalue weighted by molar-refractivity contribution is -0.121. The number of nitrogens with two attached hydrogens (primary N) is 1. The molecular weight excluding hydrogens is 266 g/mol. The van der Waals surface area contributed by atoms with E-state index in [4.69, 9.17) is 5.73 Å². The van der Waals surface area contributed by atoms with E-state index in [9.17, 15) is 9.59 Å². The summed E-state index contributed by atoms with van der Waals surface area (Å²) in [5.41, 5.74) is 6.64. The van der Waals surface area contributed by atoms with E-state index in [1.54, 1.807) is 11.8 Å². The Hall–Kier alpha value is -1.88. The van der Waals surface area contributed by atoms with E-state index in [0.717, 1.165) is 25.1 Å². The second-order valence-electron chi connectivity index (χ2n) is 5.82. The maximum atomic E-state index is 12.2. The number of rotatable bonds is 5. The van der Waals surface area contributed by atoms with Gasteiger partial charge in [-0.15, -0.1) is 0 Å². The lowest BCUT2D eigenvalue weighted by Crippen LogP contribution is -2.48. The lowest BCUT2D eigenvalue weighted by Gasteiger charge is -2.23.